The van der Waals surface area contributed by atoms with Gasteiger partial charge < -0.3 is 15.9 Å². The average Bonchev–Trinajstić information content (AvgIpc) is 2.41. The van der Waals surface area contributed by atoms with Gasteiger partial charge in [-0.3, -0.25) is 5.41 Å². The fourth-order valence-corrected chi connectivity index (χ4v) is 1.70. The highest BCUT2D eigenvalue weighted by Gasteiger charge is 2.10. The molecule has 2 aromatic carbocycles. The molecule has 0 spiro atoms. The second-order valence-corrected chi connectivity index (χ2v) is 4.09. The second kappa shape index (κ2) is 5.27. The molecule has 0 unspecified atom stereocenters. The number of amidine groups is 1. The lowest BCUT2D eigenvalue weighted by molar-refractivity contribution is 0.403. The Morgan fingerprint density at radius 2 is 1.63 bits per heavy atom. The molecule has 96 valence electrons. The van der Waals surface area contributed by atoms with Gasteiger partial charge in [0.15, 0.2) is 11.5 Å². The molecule has 4 nitrogen and oxygen atoms in total. The summed E-state index contributed by atoms with van der Waals surface area (Å²) in [4.78, 5) is 0. The number of nitrogen functional groups attached to an aromatic ring is 1. The standard InChI is InChI=1S/C15H14N2O2/c16-15(17)12-8-11(9-13(18)14(12)19)7-6-10-4-2-1-3-5-10/h1-9,18-19H,(H3,16,17). The maximum absolute atomic E-state index is 9.59. The van der Waals surface area contributed by atoms with Crippen LogP contribution in [0.1, 0.15) is 16.7 Å². The third-order valence-corrected chi connectivity index (χ3v) is 2.67. The number of hydrogen-bond donors (Lipinski definition) is 4. The molecule has 0 aliphatic heterocycles. The Kier molecular flexibility index (Phi) is 3.52. The van der Waals surface area contributed by atoms with Crippen molar-refractivity contribution in [3.8, 4) is 11.5 Å². The molecular weight excluding hydrogens is 240 g/mol. The summed E-state index contributed by atoms with van der Waals surface area (Å²) in [6.45, 7) is 0. The predicted octanol–water partition coefficient (Wildman–Crippen LogP) is 2.55. The number of nitrogens with two attached hydrogens (primary N) is 1. The molecule has 0 atom stereocenters. The molecule has 2 aromatic rings. The van der Waals surface area contributed by atoms with Crippen LogP contribution in [-0.4, -0.2) is 16.0 Å². The summed E-state index contributed by atoms with van der Waals surface area (Å²) in [6, 6.07) is 12.6. The predicted molar refractivity (Wildman–Crippen MR) is 76.2 cm³/mol. The van der Waals surface area contributed by atoms with Gasteiger partial charge in [-0.05, 0) is 23.3 Å². The van der Waals surface area contributed by atoms with Crippen LogP contribution < -0.4 is 5.73 Å². The van der Waals surface area contributed by atoms with Crippen molar-refractivity contribution >= 4 is 18.0 Å². The van der Waals surface area contributed by atoms with Gasteiger partial charge in [-0.1, -0.05) is 42.5 Å². The van der Waals surface area contributed by atoms with Crippen molar-refractivity contribution in [2.24, 2.45) is 5.73 Å². The molecule has 5 N–H and O–H groups in total. The minimum atomic E-state index is -0.371. The van der Waals surface area contributed by atoms with Crippen molar-refractivity contribution in [1.29, 1.82) is 5.41 Å². The first kappa shape index (κ1) is 12.7. The van der Waals surface area contributed by atoms with Crippen LogP contribution in [0.3, 0.4) is 0 Å². The Morgan fingerprint density at radius 1 is 1.00 bits per heavy atom. The zero-order valence-electron chi connectivity index (χ0n) is 10.2. The van der Waals surface area contributed by atoms with E-state index in [1.54, 1.807) is 12.1 Å². The summed E-state index contributed by atoms with van der Waals surface area (Å²) < 4.78 is 0. The van der Waals surface area contributed by atoms with Gasteiger partial charge in [-0.15, -0.1) is 0 Å². The lowest BCUT2D eigenvalue weighted by atomic mass is 10.1. The molecule has 0 saturated heterocycles. The zero-order valence-corrected chi connectivity index (χ0v) is 10.2. The Labute approximate surface area is 111 Å². The van der Waals surface area contributed by atoms with Gasteiger partial charge in [-0.25, -0.2) is 0 Å². The largest absolute Gasteiger partial charge is 0.504 e. The first-order valence-corrected chi connectivity index (χ1v) is 5.71. The van der Waals surface area contributed by atoms with Crippen LogP contribution in [0.4, 0.5) is 0 Å². The molecule has 4 heteroatoms. The Balaban J connectivity index is 2.36. The molecule has 0 aliphatic rings. The molecule has 0 aromatic heterocycles. The van der Waals surface area contributed by atoms with Crippen molar-refractivity contribution in [3.05, 3.63) is 59.2 Å². The van der Waals surface area contributed by atoms with E-state index >= 15 is 0 Å². The van der Waals surface area contributed by atoms with Gasteiger partial charge in [0.1, 0.15) is 5.84 Å². The van der Waals surface area contributed by atoms with Gasteiger partial charge in [0.05, 0.1) is 5.56 Å². The molecule has 0 saturated carbocycles. The van der Waals surface area contributed by atoms with E-state index < -0.39 is 0 Å². The SMILES string of the molecule is N=C(N)c1cc(C=Cc2ccccc2)cc(O)c1O. The number of aromatic hydroxyl groups is 2. The smallest absolute Gasteiger partial charge is 0.168 e. The van der Waals surface area contributed by atoms with Gasteiger partial charge in [0.2, 0.25) is 0 Å². The number of phenols is 2. The minimum absolute atomic E-state index is 0.118. The fourth-order valence-electron chi connectivity index (χ4n) is 1.70. The minimum Gasteiger partial charge on any atom is -0.504 e. The third-order valence-electron chi connectivity index (χ3n) is 2.67. The van der Waals surface area contributed by atoms with Gasteiger partial charge in [0.25, 0.3) is 0 Å². The molecular formula is C15H14N2O2. The summed E-state index contributed by atoms with van der Waals surface area (Å²) in [6.07, 6.45) is 3.65. The van der Waals surface area contributed by atoms with Crippen LogP contribution in [0.15, 0.2) is 42.5 Å². The first-order valence-electron chi connectivity index (χ1n) is 5.71. The molecule has 0 bridgehead atoms. The number of phenolic OH excluding ortho intramolecular Hbond substituents is 2. The van der Waals surface area contributed by atoms with E-state index in [2.05, 4.69) is 0 Å². The summed E-state index contributed by atoms with van der Waals surface area (Å²) >= 11 is 0. The number of benzene rings is 2. The second-order valence-electron chi connectivity index (χ2n) is 4.09. The molecule has 0 amide bonds. The van der Waals surface area contributed by atoms with Gasteiger partial charge in [-0.2, -0.15) is 0 Å². The average molecular weight is 254 g/mol. The highest BCUT2D eigenvalue weighted by Crippen LogP contribution is 2.30. The van der Waals surface area contributed by atoms with Crippen LogP contribution in [0.25, 0.3) is 12.2 Å². The number of rotatable bonds is 3. The van der Waals surface area contributed by atoms with E-state index in [-0.39, 0.29) is 22.9 Å². The number of nitrogens with one attached hydrogen (secondary N) is 1. The van der Waals surface area contributed by atoms with Gasteiger partial charge >= 0.3 is 0 Å². The van der Waals surface area contributed by atoms with E-state index in [1.165, 1.54) is 6.07 Å². The van der Waals surface area contributed by atoms with Crippen LogP contribution >= 0.6 is 0 Å². The quantitative estimate of drug-likeness (QED) is 0.293. The summed E-state index contributed by atoms with van der Waals surface area (Å²) in [5.41, 5.74) is 7.14. The molecule has 0 radical (unpaired) electrons. The first-order chi connectivity index (χ1) is 9.08. The summed E-state index contributed by atoms with van der Waals surface area (Å²) in [7, 11) is 0. The monoisotopic (exact) mass is 254 g/mol. The van der Waals surface area contributed by atoms with Crippen molar-refractivity contribution in [2.45, 2.75) is 0 Å². The molecule has 2 rings (SSSR count). The van der Waals surface area contributed by atoms with Crippen LogP contribution in [-0.2, 0) is 0 Å². The fraction of sp³-hybridized carbons (Fsp3) is 0. The van der Waals surface area contributed by atoms with E-state index in [1.807, 2.05) is 36.4 Å². The van der Waals surface area contributed by atoms with Gasteiger partial charge in [0, 0.05) is 0 Å². The van der Waals surface area contributed by atoms with Crippen LogP contribution in [0.2, 0.25) is 0 Å². The van der Waals surface area contributed by atoms with E-state index in [9.17, 15) is 10.2 Å². The molecule has 0 fully saturated rings. The summed E-state index contributed by atoms with van der Waals surface area (Å²) in [5.74, 6) is -0.951. The zero-order chi connectivity index (χ0) is 13.8. The Bertz CT molecular complexity index is 634. The highest BCUT2D eigenvalue weighted by atomic mass is 16.3. The molecule has 19 heavy (non-hydrogen) atoms. The topological polar surface area (TPSA) is 90.3 Å². The van der Waals surface area contributed by atoms with Crippen molar-refractivity contribution in [1.82, 2.24) is 0 Å². The normalized spacial score (nSPS) is 10.7. The van der Waals surface area contributed by atoms with Crippen LogP contribution in [0.5, 0.6) is 11.5 Å². The maximum Gasteiger partial charge on any atom is 0.168 e. The highest BCUT2D eigenvalue weighted by molar-refractivity contribution is 5.99. The van der Waals surface area contributed by atoms with Crippen molar-refractivity contribution in [2.75, 3.05) is 0 Å². The van der Waals surface area contributed by atoms with Crippen LogP contribution in [0, 0.1) is 5.41 Å². The lowest BCUT2D eigenvalue weighted by Gasteiger charge is -2.06. The van der Waals surface area contributed by atoms with E-state index in [0.717, 1.165) is 5.56 Å². The Morgan fingerprint density at radius 3 is 2.26 bits per heavy atom. The van der Waals surface area contributed by atoms with E-state index in [0.29, 0.717) is 5.56 Å². The van der Waals surface area contributed by atoms with Crippen molar-refractivity contribution < 1.29 is 10.2 Å². The molecule has 0 aliphatic carbocycles. The van der Waals surface area contributed by atoms with Crippen molar-refractivity contribution in [3.63, 3.8) is 0 Å². The third kappa shape index (κ3) is 2.93. The maximum atomic E-state index is 9.59. The Hall–Kier alpha value is -2.75. The van der Waals surface area contributed by atoms with E-state index in [4.69, 9.17) is 11.1 Å². The number of hydrogen-bond acceptors (Lipinski definition) is 3. The lowest BCUT2D eigenvalue weighted by Crippen LogP contribution is -2.11. The summed E-state index contributed by atoms with van der Waals surface area (Å²) in [5, 5.41) is 26.5. The molecule has 0 heterocycles.